The van der Waals surface area contributed by atoms with Crippen LogP contribution in [0.2, 0.25) is 0 Å². The number of ether oxygens (including phenoxy) is 1. The lowest BCUT2D eigenvalue weighted by Crippen LogP contribution is -2.13. The van der Waals surface area contributed by atoms with Gasteiger partial charge in [-0.15, -0.1) is 0 Å². The summed E-state index contributed by atoms with van der Waals surface area (Å²) in [5, 5.41) is 0. The van der Waals surface area contributed by atoms with Gasteiger partial charge in [0.25, 0.3) is 0 Å². The molecule has 1 aliphatic carbocycles. The van der Waals surface area contributed by atoms with Gasteiger partial charge in [-0.3, -0.25) is 4.79 Å². The maximum absolute atomic E-state index is 11.1. The Labute approximate surface area is 78.2 Å². The van der Waals surface area contributed by atoms with Crippen LogP contribution in [0.3, 0.4) is 0 Å². The largest absolute Gasteiger partial charge is 0.446 e. The zero-order valence-electron chi connectivity index (χ0n) is 7.38. The lowest BCUT2D eigenvalue weighted by Gasteiger charge is -2.09. The fraction of sp³-hybridized carbons (Fsp3) is 0.889. The van der Waals surface area contributed by atoms with Crippen LogP contribution in [0.1, 0.15) is 39.0 Å². The van der Waals surface area contributed by atoms with Gasteiger partial charge in [0.2, 0.25) is 0 Å². The smallest absolute Gasteiger partial charge is 0.310 e. The summed E-state index contributed by atoms with van der Waals surface area (Å²) in [6.45, 7) is 2.09. The van der Waals surface area contributed by atoms with Crippen molar-refractivity contribution in [1.29, 1.82) is 0 Å². The van der Waals surface area contributed by atoms with Crippen molar-refractivity contribution in [2.24, 2.45) is 5.92 Å². The van der Waals surface area contributed by atoms with Crippen LogP contribution in [-0.2, 0) is 9.53 Å². The molecular formula is C9H15ClO2. The van der Waals surface area contributed by atoms with Crippen LogP contribution in [0.25, 0.3) is 0 Å². The topological polar surface area (TPSA) is 26.3 Å². The molecule has 12 heavy (non-hydrogen) atoms. The second kappa shape index (κ2) is 4.70. The van der Waals surface area contributed by atoms with E-state index in [9.17, 15) is 4.79 Å². The third-order valence-corrected chi connectivity index (χ3v) is 2.25. The fourth-order valence-corrected chi connectivity index (χ4v) is 1.21. The van der Waals surface area contributed by atoms with Gasteiger partial charge in [0, 0.05) is 0 Å². The van der Waals surface area contributed by atoms with E-state index in [-0.39, 0.29) is 11.9 Å². The second-order valence-corrected chi connectivity index (χ2v) is 3.75. The highest BCUT2D eigenvalue weighted by molar-refractivity contribution is 6.20. The molecule has 0 radical (unpaired) electrons. The summed E-state index contributed by atoms with van der Waals surface area (Å²) in [6.07, 6.45) is 4.85. The molecule has 1 atom stereocenters. The summed E-state index contributed by atoms with van der Waals surface area (Å²) in [4.78, 5) is 11.1. The van der Waals surface area contributed by atoms with Crippen LogP contribution in [-0.4, -0.2) is 11.5 Å². The van der Waals surface area contributed by atoms with Gasteiger partial charge in [-0.2, -0.15) is 0 Å². The summed E-state index contributed by atoms with van der Waals surface area (Å²) in [5.41, 5.74) is -0.405. The molecular weight excluding hydrogens is 176 g/mol. The van der Waals surface area contributed by atoms with Crippen LogP contribution >= 0.6 is 11.6 Å². The summed E-state index contributed by atoms with van der Waals surface area (Å²) in [6, 6.07) is 0. The highest BCUT2D eigenvalue weighted by atomic mass is 35.5. The molecule has 0 spiro atoms. The molecule has 70 valence electrons. The average molecular weight is 191 g/mol. The Balaban J connectivity index is 2.07. The molecule has 0 aromatic carbocycles. The Morgan fingerprint density at radius 3 is 2.83 bits per heavy atom. The van der Waals surface area contributed by atoms with Crippen LogP contribution in [0.4, 0.5) is 0 Å². The molecule has 0 saturated heterocycles. The predicted molar refractivity (Wildman–Crippen MR) is 48.0 cm³/mol. The first kappa shape index (κ1) is 9.85. The summed E-state index contributed by atoms with van der Waals surface area (Å²) in [7, 11) is 0. The molecule has 0 N–H and O–H groups in total. The molecule has 1 fully saturated rings. The monoisotopic (exact) mass is 190 g/mol. The highest BCUT2D eigenvalue weighted by Crippen LogP contribution is 2.31. The Hall–Kier alpha value is -0.240. The third kappa shape index (κ3) is 3.44. The predicted octanol–water partition coefficient (Wildman–Crippen LogP) is 2.69. The first-order valence-electron chi connectivity index (χ1n) is 4.58. The highest BCUT2D eigenvalue weighted by Gasteiger charge is 2.32. The number of carbonyl (C=O) groups excluding carboxylic acids is 1. The SMILES string of the molecule is CCCCC(Cl)OC(=O)C1CC1. The van der Waals surface area contributed by atoms with Crippen LogP contribution < -0.4 is 0 Å². The van der Waals surface area contributed by atoms with Gasteiger partial charge in [0.1, 0.15) is 0 Å². The molecule has 0 amide bonds. The van der Waals surface area contributed by atoms with Crippen molar-refractivity contribution in [2.75, 3.05) is 0 Å². The molecule has 0 heterocycles. The van der Waals surface area contributed by atoms with E-state index < -0.39 is 5.56 Å². The van der Waals surface area contributed by atoms with Gasteiger partial charge in [-0.1, -0.05) is 24.9 Å². The van der Waals surface area contributed by atoms with Crippen molar-refractivity contribution in [1.82, 2.24) is 0 Å². The summed E-state index contributed by atoms with van der Waals surface area (Å²) >= 11 is 5.78. The van der Waals surface area contributed by atoms with Crippen molar-refractivity contribution in [3.8, 4) is 0 Å². The van der Waals surface area contributed by atoms with E-state index in [1.54, 1.807) is 0 Å². The van der Waals surface area contributed by atoms with Gasteiger partial charge in [0.15, 0.2) is 5.56 Å². The summed E-state index contributed by atoms with van der Waals surface area (Å²) < 4.78 is 5.00. The minimum atomic E-state index is -0.405. The molecule has 0 aliphatic heterocycles. The number of unbranched alkanes of at least 4 members (excludes halogenated alkanes) is 1. The first-order valence-corrected chi connectivity index (χ1v) is 5.02. The minimum Gasteiger partial charge on any atom is -0.446 e. The standard InChI is InChI=1S/C9H15ClO2/c1-2-3-4-8(10)12-9(11)7-5-6-7/h7-8H,2-6H2,1H3. The molecule has 1 rings (SSSR count). The quantitative estimate of drug-likeness (QED) is 0.492. The number of hydrogen-bond donors (Lipinski definition) is 0. The van der Waals surface area contributed by atoms with E-state index in [0.29, 0.717) is 0 Å². The van der Waals surface area contributed by atoms with Crippen LogP contribution in [0, 0.1) is 5.92 Å². The van der Waals surface area contributed by atoms with Gasteiger partial charge in [-0.05, 0) is 25.7 Å². The molecule has 3 heteroatoms. The van der Waals surface area contributed by atoms with Crippen molar-refractivity contribution in [2.45, 2.75) is 44.6 Å². The zero-order chi connectivity index (χ0) is 8.97. The normalized spacial score (nSPS) is 18.8. The van der Waals surface area contributed by atoms with E-state index in [2.05, 4.69) is 6.92 Å². The van der Waals surface area contributed by atoms with Crippen molar-refractivity contribution >= 4 is 17.6 Å². The Morgan fingerprint density at radius 2 is 2.33 bits per heavy atom. The lowest BCUT2D eigenvalue weighted by atomic mass is 10.3. The Kier molecular flexibility index (Phi) is 3.86. The number of esters is 1. The third-order valence-electron chi connectivity index (χ3n) is 1.94. The Bertz CT molecular complexity index is 155. The molecule has 0 aromatic rings. The maximum Gasteiger partial charge on any atom is 0.310 e. The molecule has 0 aromatic heterocycles. The van der Waals surface area contributed by atoms with Crippen LogP contribution in [0.5, 0.6) is 0 Å². The number of hydrogen-bond acceptors (Lipinski definition) is 2. The molecule has 2 nitrogen and oxygen atoms in total. The van der Waals surface area contributed by atoms with Crippen LogP contribution in [0.15, 0.2) is 0 Å². The number of halogens is 1. The van der Waals surface area contributed by atoms with E-state index in [1.807, 2.05) is 0 Å². The van der Waals surface area contributed by atoms with E-state index in [0.717, 1.165) is 32.1 Å². The summed E-state index contributed by atoms with van der Waals surface area (Å²) in [5.74, 6) is 0.0546. The lowest BCUT2D eigenvalue weighted by molar-refractivity contribution is -0.147. The number of rotatable bonds is 5. The van der Waals surface area contributed by atoms with E-state index >= 15 is 0 Å². The Morgan fingerprint density at radius 1 is 1.67 bits per heavy atom. The number of carbonyl (C=O) groups is 1. The number of alkyl halides is 1. The van der Waals surface area contributed by atoms with Crippen molar-refractivity contribution < 1.29 is 9.53 Å². The van der Waals surface area contributed by atoms with Gasteiger partial charge >= 0.3 is 5.97 Å². The zero-order valence-corrected chi connectivity index (χ0v) is 8.14. The molecule has 1 saturated carbocycles. The average Bonchev–Trinajstić information content (AvgIpc) is 2.82. The van der Waals surface area contributed by atoms with Gasteiger partial charge in [0.05, 0.1) is 5.92 Å². The second-order valence-electron chi connectivity index (χ2n) is 3.26. The minimum absolute atomic E-state index is 0.105. The maximum atomic E-state index is 11.1. The van der Waals surface area contributed by atoms with E-state index in [4.69, 9.17) is 16.3 Å². The van der Waals surface area contributed by atoms with Crippen molar-refractivity contribution in [3.05, 3.63) is 0 Å². The first-order chi connectivity index (χ1) is 5.74. The molecule has 0 bridgehead atoms. The fourth-order valence-electron chi connectivity index (χ4n) is 0.965. The van der Waals surface area contributed by atoms with Gasteiger partial charge < -0.3 is 4.74 Å². The molecule has 1 aliphatic rings. The van der Waals surface area contributed by atoms with Crippen molar-refractivity contribution in [3.63, 3.8) is 0 Å². The van der Waals surface area contributed by atoms with Gasteiger partial charge in [-0.25, -0.2) is 0 Å². The molecule has 1 unspecified atom stereocenters. The van der Waals surface area contributed by atoms with E-state index in [1.165, 1.54) is 0 Å².